The Balaban J connectivity index is 2.29. The van der Waals surface area contributed by atoms with Crippen LogP contribution in [0.3, 0.4) is 0 Å². The molecule has 0 saturated carbocycles. The van der Waals surface area contributed by atoms with Gasteiger partial charge in [-0.3, -0.25) is 0 Å². The first-order valence-electron chi connectivity index (χ1n) is 5.25. The molecule has 0 spiro atoms. The number of aromatic nitrogens is 1. The Labute approximate surface area is 89.7 Å². The van der Waals surface area contributed by atoms with Crippen LogP contribution in [0.25, 0.3) is 10.9 Å². The molecule has 2 aromatic rings. The number of hydrogen-bond acceptors (Lipinski definition) is 2. The van der Waals surface area contributed by atoms with Crippen LogP contribution in [0.4, 0.5) is 5.69 Å². The third-order valence-corrected chi connectivity index (χ3v) is 2.49. The van der Waals surface area contributed by atoms with Crippen LogP contribution in [-0.2, 0) is 6.54 Å². The highest BCUT2D eigenvalue weighted by atomic mass is 14.9. The van der Waals surface area contributed by atoms with Crippen molar-refractivity contribution in [3.05, 3.63) is 30.0 Å². The van der Waals surface area contributed by atoms with Crippen molar-refractivity contribution in [3.63, 3.8) is 0 Å². The molecule has 1 aromatic carbocycles. The smallest absolute Gasteiger partial charge is 0.0477 e. The predicted molar refractivity (Wildman–Crippen MR) is 64.7 cm³/mol. The van der Waals surface area contributed by atoms with Gasteiger partial charge in [0.25, 0.3) is 0 Å². The second-order valence-electron chi connectivity index (χ2n) is 4.15. The van der Waals surface area contributed by atoms with Crippen molar-refractivity contribution in [1.82, 2.24) is 10.3 Å². The van der Waals surface area contributed by atoms with E-state index in [0.29, 0.717) is 6.04 Å². The molecule has 0 radical (unpaired) electrons. The maximum atomic E-state index is 5.72. The average Bonchev–Trinajstić information content (AvgIpc) is 2.57. The van der Waals surface area contributed by atoms with Crippen LogP contribution in [-0.4, -0.2) is 11.0 Å². The van der Waals surface area contributed by atoms with Crippen molar-refractivity contribution in [2.45, 2.75) is 26.4 Å². The molecule has 0 atom stereocenters. The molecule has 0 saturated heterocycles. The molecular weight excluding hydrogens is 186 g/mol. The lowest BCUT2D eigenvalue weighted by Gasteiger charge is -2.06. The van der Waals surface area contributed by atoms with E-state index in [1.54, 1.807) is 0 Å². The summed E-state index contributed by atoms with van der Waals surface area (Å²) in [5.74, 6) is 0. The number of aromatic amines is 1. The standard InChI is InChI=1S/C12H17N3/c1-8(2)14-6-9-7-15-12-5-10(13)3-4-11(9)12/h3-5,7-8,14-15H,6,13H2,1-2H3. The van der Waals surface area contributed by atoms with Crippen LogP contribution in [0.1, 0.15) is 19.4 Å². The van der Waals surface area contributed by atoms with Crippen molar-refractivity contribution >= 4 is 16.6 Å². The number of fused-ring (bicyclic) bond motifs is 1. The number of benzene rings is 1. The van der Waals surface area contributed by atoms with Crippen molar-refractivity contribution in [2.75, 3.05) is 5.73 Å². The average molecular weight is 203 g/mol. The van der Waals surface area contributed by atoms with Crippen LogP contribution in [0.5, 0.6) is 0 Å². The number of H-pyrrole nitrogens is 1. The van der Waals surface area contributed by atoms with Gasteiger partial charge in [-0.05, 0) is 17.7 Å². The second kappa shape index (κ2) is 3.95. The Morgan fingerprint density at radius 1 is 1.40 bits per heavy atom. The van der Waals surface area contributed by atoms with Crippen LogP contribution in [0.2, 0.25) is 0 Å². The number of nitrogens with one attached hydrogen (secondary N) is 2. The highest BCUT2D eigenvalue weighted by Crippen LogP contribution is 2.20. The summed E-state index contributed by atoms with van der Waals surface area (Å²) in [5, 5.41) is 4.65. The molecule has 0 fully saturated rings. The number of nitrogen functional groups attached to an aromatic ring is 1. The Morgan fingerprint density at radius 3 is 2.93 bits per heavy atom. The summed E-state index contributed by atoms with van der Waals surface area (Å²) in [4.78, 5) is 3.23. The summed E-state index contributed by atoms with van der Waals surface area (Å²) in [6, 6.07) is 6.48. The summed E-state index contributed by atoms with van der Waals surface area (Å²) < 4.78 is 0. The molecule has 0 aliphatic carbocycles. The molecule has 0 aliphatic rings. The van der Waals surface area contributed by atoms with E-state index in [0.717, 1.165) is 17.7 Å². The molecule has 3 nitrogen and oxygen atoms in total. The van der Waals surface area contributed by atoms with Gasteiger partial charge in [0.2, 0.25) is 0 Å². The van der Waals surface area contributed by atoms with Crippen molar-refractivity contribution in [1.29, 1.82) is 0 Å². The monoisotopic (exact) mass is 203 g/mol. The molecule has 80 valence electrons. The molecular formula is C12H17N3. The maximum Gasteiger partial charge on any atom is 0.0477 e. The van der Waals surface area contributed by atoms with Gasteiger partial charge in [-0.2, -0.15) is 0 Å². The van der Waals surface area contributed by atoms with E-state index in [-0.39, 0.29) is 0 Å². The van der Waals surface area contributed by atoms with Crippen molar-refractivity contribution < 1.29 is 0 Å². The number of hydrogen-bond donors (Lipinski definition) is 3. The van der Waals surface area contributed by atoms with Crippen LogP contribution < -0.4 is 11.1 Å². The maximum absolute atomic E-state index is 5.72. The molecule has 0 bridgehead atoms. The quantitative estimate of drug-likeness (QED) is 0.670. The highest BCUT2D eigenvalue weighted by molar-refractivity contribution is 5.85. The van der Waals surface area contributed by atoms with E-state index in [1.807, 2.05) is 18.3 Å². The fraction of sp³-hybridized carbons (Fsp3) is 0.333. The van der Waals surface area contributed by atoms with E-state index in [9.17, 15) is 0 Å². The number of anilines is 1. The minimum absolute atomic E-state index is 0.503. The minimum atomic E-state index is 0.503. The lowest BCUT2D eigenvalue weighted by atomic mass is 10.1. The molecule has 3 heteroatoms. The lowest BCUT2D eigenvalue weighted by Crippen LogP contribution is -2.21. The molecule has 4 N–H and O–H groups in total. The first kappa shape index (κ1) is 10.1. The lowest BCUT2D eigenvalue weighted by molar-refractivity contribution is 0.590. The van der Waals surface area contributed by atoms with E-state index in [1.165, 1.54) is 10.9 Å². The number of nitrogens with two attached hydrogens (primary N) is 1. The first-order valence-corrected chi connectivity index (χ1v) is 5.25. The Bertz CT molecular complexity index is 457. The highest BCUT2D eigenvalue weighted by Gasteiger charge is 2.03. The summed E-state index contributed by atoms with van der Waals surface area (Å²) in [6.07, 6.45) is 2.04. The zero-order valence-electron chi connectivity index (χ0n) is 9.17. The molecule has 0 aliphatic heterocycles. The van der Waals surface area contributed by atoms with Gasteiger partial charge in [-0.25, -0.2) is 0 Å². The van der Waals surface area contributed by atoms with Gasteiger partial charge in [0, 0.05) is 35.4 Å². The van der Waals surface area contributed by atoms with Crippen LogP contribution in [0, 0.1) is 0 Å². The van der Waals surface area contributed by atoms with Crippen LogP contribution >= 0.6 is 0 Å². The van der Waals surface area contributed by atoms with Gasteiger partial charge in [0.15, 0.2) is 0 Å². The molecule has 1 heterocycles. The summed E-state index contributed by atoms with van der Waals surface area (Å²) >= 11 is 0. The second-order valence-corrected chi connectivity index (χ2v) is 4.15. The fourth-order valence-corrected chi connectivity index (χ4v) is 1.66. The summed E-state index contributed by atoms with van der Waals surface area (Å²) in [6.45, 7) is 5.18. The van der Waals surface area contributed by atoms with Gasteiger partial charge >= 0.3 is 0 Å². The van der Waals surface area contributed by atoms with Gasteiger partial charge < -0.3 is 16.0 Å². The van der Waals surface area contributed by atoms with E-state index >= 15 is 0 Å². The first-order chi connectivity index (χ1) is 7.16. The third-order valence-electron chi connectivity index (χ3n) is 2.49. The van der Waals surface area contributed by atoms with Crippen LogP contribution in [0.15, 0.2) is 24.4 Å². The van der Waals surface area contributed by atoms with Crippen molar-refractivity contribution in [2.24, 2.45) is 0 Å². The summed E-state index contributed by atoms with van der Waals surface area (Å²) in [5.41, 5.74) is 8.92. The van der Waals surface area contributed by atoms with Gasteiger partial charge in [-0.1, -0.05) is 19.9 Å². The van der Waals surface area contributed by atoms with E-state index < -0.39 is 0 Å². The zero-order valence-corrected chi connectivity index (χ0v) is 9.17. The zero-order chi connectivity index (χ0) is 10.8. The Hall–Kier alpha value is -1.48. The Morgan fingerprint density at radius 2 is 2.20 bits per heavy atom. The predicted octanol–water partition coefficient (Wildman–Crippen LogP) is 2.25. The minimum Gasteiger partial charge on any atom is -0.399 e. The van der Waals surface area contributed by atoms with Gasteiger partial charge in [0.05, 0.1) is 0 Å². The van der Waals surface area contributed by atoms with Gasteiger partial charge in [0.1, 0.15) is 0 Å². The van der Waals surface area contributed by atoms with E-state index in [2.05, 4.69) is 30.2 Å². The summed E-state index contributed by atoms with van der Waals surface area (Å²) in [7, 11) is 0. The normalized spacial score (nSPS) is 11.4. The Kier molecular flexibility index (Phi) is 2.64. The molecule has 0 unspecified atom stereocenters. The molecule has 2 rings (SSSR count). The molecule has 15 heavy (non-hydrogen) atoms. The SMILES string of the molecule is CC(C)NCc1c[nH]c2cc(N)ccc12. The third kappa shape index (κ3) is 2.13. The molecule has 0 amide bonds. The number of rotatable bonds is 3. The molecule has 1 aromatic heterocycles. The van der Waals surface area contributed by atoms with Crippen molar-refractivity contribution in [3.8, 4) is 0 Å². The van der Waals surface area contributed by atoms with E-state index in [4.69, 9.17) is 5.73 Å². The fourth-order valence-electron chi connectivity index (χ4n) is 1.66. The largest absolute Gasteiger partial charge is 0.399 e. The van der Waals surface area contributed by atoms with Gasteiger partial charge in [-0.15, -0.1) is 0 Å². The topological polar surface area (TPSA) is 53.8 Å².